The van der Waals surface area contributed by atoms with Crippen LogP contribution in [0.4, 0.5) is 4.39 Å². The third-order valence-electron chi connectivity index (χ3n) is 3.14. The number of rotatable bonds is 3. The van der Waals surface area contributed by atoms with Crippen molar-refractivity contribution in [3.05, 3.63) is 46.5 Å². The zero-order chi connectivity index (χ0) is 12.7. The van der Waals surface area contributed by atoms with Gasteiger partial charge in [0.25, 0.3) is 0 Å². The molecule has 1 aromatic carbocycles. The van der Waals surface area contributed by atoms with Crippen molar-refractivity contribution in [2.24, 2.45) is 0 Å². The highest BCUT2D eigenvalue weighted by Gasteiger charge is 2.30. The van der Waals surface area contributed by atoms with E-state index in [1.807, 2.05) is 0 Å². The van der Waals surface area contributed by atoms with Gasteiger partial charge in [-0.3, -0.25) is 0 Å². The molecule has 1 fully saturated rings. The predicted molar refractivity (Wildman–Crippen MR) is 70.1 cm³/mol. The second kappa shape index (κ2) is 4.56. The van der Waals surface area contributed by atoms with Gasteiger partial charge in [-0.05, 0) is 25.0 Å². The van der Waals surface area contributed by atoms with E-state index in [1.165, 1.54) is 6.07 Å². The third kappa shape index (κ3) is 2.02. The Morgan fingerprint density at radius 2 is 2.17 bits per heavy atom. The molecule has 94 valence electrons. The van der Waals surface area contributed by atoms with Crippen LogP contribution in [-0.2, 0) is 5.88 Å². The number of hydrogen-bond acceptors (Lipinski definition) is 1. The standard InChI is InChI=1S/C13H11Cl2FN2/c14-6-9-7-17-18(13(9)8-1-2-8)10-3-4-11(15)12(16)5-10/h3-5,7-8H,1-2,6H2. The first kappa shape index (κ1) is 12.0. The van der Waals surface area contributed by atoms with E-state index in [0.29, 0.717) is 17.5 Å². The number of benzene rings is 1. The summed E-state index contributed by atoms with van der Waals surface area (Å²) in [6.07, 6.45) is 4.05. The average Bonchev–Trinajstić information content (AvgIpc) is 3.12. The van der Waals surface area contributed by atoms with E-state index >= 15 is 0 Å². The Morgan fingerprint density at radius 1 is 1.39 bits per heavy atom. The number of aromatic nitrogens is 2. The van der Waals surface area contributed by atoms with Gasteiger partial charge in [-0.1, -0.05) is 11.6 Å². The summed E-state index contributed by atoms with van der Waals surface area (Å²) in [4.78, 5) is 0. The first-order valence-corrected chi connectivity index (χ1v) is 6.70. The van der Waals surface area contributed by atoms with Crippen LogP contribution < -0.4 is 0 Å². The van der Waals surface area contributed by atoms with Crippen LogP contribution in [0.2, 0.25) is 5.02 Å². The van der Waals surface area contributed by atoms with Gasteiger partial charge in [0, 0.05) is 17.5 Å². The van der Waals surface area contributed by atoms with Gasteiger partial charge in [0.2, 0.25) is 0 Å². The molecule has 0 amide bonds. The van der Waals surface area contributed by atoms with E-state index in [4.69, 9.17) is 23.2 Å². The minimum absolute atomic E-state index is 0.122. The Labute approximate surface area is 114 Å². The minimum Gasteiger partial charge on any atom is -0.237 e. The van der Waals surface area contributed by atoms with Crippen LogP contribution in [0, 0.1) is 5.82 Å². The molecule has 0 spiro atoms. The smallest absolute Gasteiger partial charge is 0.143 e. The number of nitrogens with zero attached hydrogens (tertiary/aromatic N) is 2. The Bertz CT molecular complexity index is 591. The van der Waals surface area contributed by atoms with Gasteiger partial charge in [-0.2, -0.15) is 5.10 Å². The molecule has 0 bridgehead atoms. The lowest BCUT2D eigenvalue weighted by Gasteiger charge is -2.08. The first-order valence-electron chi connectivity index (χ1n) is 5.79. The molecule has 1 aliphatic rings. The molecule has 0 atom stereocenters. The van der Waals surface area contributed by atoms with Gasteiger partial charge in [0.1, 0.15) is 5.82 Å². The molecule has 1 saturated carbocycles. The molecule has 0 N–H and O–H groups in total. The third-order valence-corrected chi connectivity index (χ3v) is 3.74. The summed E-state index contributed by atoms with van der Waals surface area (Å²) in [7, 11) is 0. The molecule has 0 saturated heterocycles. The van der Waals surface area contributed by atoms with Crippen LogP contribution in [0.3, 0.4) is 0 Å². The van der Waals surface area contributed by atoms with Crippen molar-refractivity contribution in [1.29, 1.82) is 0 Å². The number of halogens is 3. The van der Waals surface area contributed by atoms with Crippen LogP contribution in [0.15, 0.2) is 24.4 Å². The molecule has 1 aliphatic carbocycles. The van der Waals surface area contributed by atoms with E-state index < -0.39 is 5.82 Å². The van der Waals surface area contributed by atoms with E-state index in [1.54, 1.807) is 23.0 Å². The average molecular weight is 285 g/mol. The SMILES string of the molecule is Fc1cc(-n2ncc(CCl)c2C2CC2)ccc1Cl. The molecule has 2 nitrogen and oxygen atoms in total. The Kier molecular flexibility index (Phi) is 3.04. The highest BCUT2D eigenvalue weighted by Crippen LogP contribution is 2.42. The Hall–Kier alpha value is -1.06. The largest absolute Gasteiger partial charge is 0.237 e. The van der Waals surface area contributed by atoms with Gasteiger partial charge >= 0.3 is 0 Å². The van der Waals surface area contributed by atoms with E-state index in [-0.39, 0.29) is 5.02 Å². The molecule has 0 aliphatic heterocycles. The maximum absolute atomic E-state index is 13.5. The van der Waals surface area contributed by atoms with E-state index in [9.17, 15) is 4.39 Å². The molecule has 2 aromatic rings. The normalized spacial score (nSPS) is 15.1. The molecular weight excluding hydrogens is 274 g/mol. The lowest BCUT2D eigenvalue weighted by Crippen LogP contribution is -2.02. The molecule has 0 unspecified atom stereocenters. The quantitative estimate of drug-likeness (QED) is 0.769. The van der Waals surface area contributed by atoms with Gasteiger partial charge < -0.3 is 0 Å². The maximum Gasteiger partial charge on any atom is 0.143 e. The van der Waals surface area contributed by atoms with Gasteiger partial charge in [-0.15, -0.1) is 11.6 Å². The summed E-state index contributed by atoms with van der Waals surface area (Å²) < 4.78 is 15.3. The first-order chi connectivity index (χ1) is 8.70. The summed E-state index contributed by atoms with van der Waals surface area (Å²) in [5, 5.41) is 4.43. The molecule has 3 rings (SSSR count). The van der Waals surface area contributed by atoms with Gasteiger partial charge in [0.15, 0.2) is 0 Å². The van der Waals surface area contributed by atoms with Gasteiger partial charge in [-0.25, -0.2) is 9.07 Å². The summed E-state index contributed by atoms with van der Waals surface area (Å²) in [6.45, 7) is 0. The molecule has 5 heteroatoms. The van der Waals surface area contributed by atoms with Crippen molar-refractivity contribution in [2.45, 2.75) is 24.6 Å². The van der Waals surface area contributed by atoms with Crippen molar-refractivity contribution in [3.8, 4) is 5.69 Å². The summed E-state index contributed by atoms with van der Waals surface area (Å²) in [5.74, 6) is 0.501. The van der Waals surface area contributed by atoms with Crippen LogP contribution in [-0.4, -0.2) is 9.78 Å². The molecule has 18 heavy (non-hydrogen) atoms. The minimum atomic E-state index is -0.432. The fourth-order valence-electron chi connectivity index (χ4n) is 2.11. The zero-order valence-corrected chi connectivity index (χ0v) is 11.0. The van der Waals surface area contributed by atoms with Gasteiger partial charge in [0.05, 0.1) is 28.5 Å². The number of hydrogen-bond donors (Lipinski definition) is 0. The highest BCUT2D eigenvalue weighted by atomic mass is 35.5. The van der Waals surface area contributed by atoms with Crippen molar-refractivity contribution in [2.75, 3.05) is 0 Å². The second-order valence-corrected chi connectivity index (χ2v) is 5.15. The molecule has 1 heterocycles. The van der Waals surface area contributed by atoms with Crippen LogP contribution in [0.1, 0.15) is 30.0 Å². The van der Waals surface area contributed by atoms with E-state index in [2.05, 4.69) is 5.10 Å². The second-order valence-electron chi connectivity index (χ2n) is 4.47. The lowest BCUT2D eigenvalue weighted by molar-refractivity contribution is 0.625. The lowest BCUT2D eigenvalue weighted by atomic mass is 10.2. The van der Waals surface area contributed by atoms with Crippen LogP contribution in [0.25, 0.3) is 5.69 Å². The van der Waals surface area contributed by atoms with Crippen LogP contribution >= 0.6 is 23.2 Å². The summed E-state index contributed by atoms with van der Waals surface area (Å²) in [6, 6.07) is 4.71. The topological polar surface area (TPSA) is 17.8 Å². The monoisotopic (exact) mass is 284 g/mol. The maximum atomic E-state index is 13.5. The number of alkyl halides is 1. The highest BCUT2D eigenvalue weighted by molar-refractivity contribution is 6.30. The van der Waals surface area contributed by atoms with E-state index in [0.717, 1.165) is 24.1 Å². The molecule has 0 radical (unpaired) electrons. The van der Waals surface area contributed by atoms with Crippen LogP contribution in [0.5, 0.6) is 0 Å². The Balaban J connectivity index is 2.10. The fourth-order valence-corrected chi connectivity index (χ4v) is 2.43. The molecular formula is C13H11Cl2FN2. The van der Waals surface area contributed by atoms with Crippen molar-refractivity contribution >= 4 is 23.2 Å². The van der Waals surface area contributed by atoms with Crippen molar-refractivity contribution < 1.29 is 4.39 Å². The summed E-state index contributed by atoms with van der Waals surface area (Å²) >= 11 is 11.6. The predicted octanol–water partition coefficient (Wildman–Crippen LogP) is 4.28. The summed E-state index contributed by atoms with van der Waals surface area (Å²) in [5.41, 5.74) is 2.82. The fraction of sp³-hybridized carbons (Fsp3) is 0.308. The van der Waals surface area contributed by atoms with Crippen molar-refractivity contribution in [3.63, 3.8) is 0 Å². The Morgan fingerprint density at radius 3 is 2.78 bits per heavy atom. The zero-order valence-electron chi connectivity index (χ0n) is 9.54. The molecule has 1 aromatic heterocycles. The van der Waals surface area contributed by atoms with Crippen molar-refractivity contribution in [1.82, 2.24) is 9.78 Å².